The van der Waals surface area contributed by atoms with Crippen LogP contribution >= 0.6 is 0 Å². The van der Waals surface area contributed by atoms with Crippen molar-refractivity contribution in [1.29, 1.82) is 0 Å². The molecule has 46 valence electrons. The molecule has 0 saturated heterocycles. The third kappa shape index (κ3) is 15.7. The summed E-state index contributed by atoms with van der Waals surface area (Å²) in [6, 6.07) is 0. The third-order valence-electron chi connectivity index (χ3n) is 0.851. The van der Waals surface area contributed by atoms with Gasteiger partial charge >= 0.3 is 23.1 Å². The molecule has 0 N–H and O–H groups in total. The SMILES string of the molecule is CCC(C)(C)[O-].[Br-].[Mg+2]. The molecule has 0 aliphatic rings. The van der Waals surface area contributed by atoms with E-state index in [0.717, 1.165) is 0 Å². The van der Waals surface area contributed by atoms with E-state index in [-0.39, 0.29) is 40.0 Å². The van der Waals surface area contributed by atoms with Crippen LogP contribution in [0.3, 0.4) is 0 Å². The first-order valence-electron chi connectivity index (χ1n) is 2.26. The van der Waals surface area contributed by atoms with Crippen LogP contribution in [-0.4, -0.2) is 28.7 Å². The molecule has 0 atom stereocenters. The van der Waals surface area contributed by atoms with Crippen LogP contribution in [0.15, 0.2) is 0 Å². The van der Waals surface area contributed by atoms with Gasteiger partial charge in [0.2, 0.25) is 0 Å². The van der Waals surface area contributed by atoms with Gasteiger partial charge in [-0.25, -0.2) is 0 Å². The van der Waals surface area contributed by atoms with E-state index < -0.39 is 5.60 Å². The van der Waals surface area contributed by atoms with E-state index in [1.54, 1.807) is 13.8 Å². The molecule has 3 heteroatoms. The van der Waals surface area contributed by atoms with Gasteiger partial charge in [-0.05, 0) is 0 Å². The average Bonchev–Trinajstić information content (AvgIpc) is 1.35. The molecule has 0 aromatic carbocycles. The van der Waals surface area contributed by atoms with Gasteiger partial charge in [-0.2, -0.15) is 0 Å². The van der Waals surface area contributed by atoms with Crippen LogP contribution in [0.5, 0.6) is 0 Å². The predicted octanol–water partition coefficient (Wildman–Crippen LogP) is -2.84. The Hall–Kier alpha value is 1.21. The minimum absolute atomic E-state index is 0. The number of rotatable bonds is 1. The van der Waals surface area contributed by atoms with E-state index in [1.807, 2.05) is 6.92 Å². The molecule has 0 aliphatic heterocycles. The van der Waals surface area contributed by atoms with Crippen molar-refractivity contribution in [1.82, 2.24) is 0 Å². The molecule has 0 spiro atoms. The Labute approximate surface area is 77.8 Å². The van der Waals surface area contributed by atoms with Gasteiger partial charge in [-0.3, -0.25) is 0 Å². The van der Waals surface area contributed by atoms with E-state index in [2.05, 4.69) is 0 Å². The Balaban J connectivity index is -0.000000125. The third-order valence-corrected chi connectivity index (χ3v) is 0.851. The first-order valence-corrected chi connectivity index (χ1v) is 2.26. The molecule has 0 amide bonds. The van der Waals surface area contributed by atoms with Crippen molar-refractivity contribution in [2.45, 2.75) is 32.8 Å². The summed E-state index contributed by atoms with van der Waals surface area (Å²) in [6.45, 7) is 5.27. The molecule has 0 fully saturated rings. The fraction of sp³-hybridized carbons (Fsp3) is 1.00. The summed E-state index contributed by atoms with van der Waals surface area (Å²) in [6.07, 6.45) is 0.715. The van der Waals surface area contributed by atoms with Crippen molar-refractivity contribution in [3.63, 3.8) is 0 Å². The molecule has 0 aliphatic carbocycles. The van der Waals surface area contributed by atoms with Gasteiger partial charge in [0, 0.05) is 0 Å². The van der Waals surface area contributed by atoms with Crippen molar-refractivity contribution in [2.24, 2.45) is 0 Å². The molecular formula is C5H11BrMgO. The van der Waals surface area contributed by atoms with E-state index in [1.165, 1.54) is 0 Å². The Morgan fingerprint density at radius 3 is 1.50 bits per heavy atom. The summed E-state index contributed by atoms with van der Waals surface area (Å²) in [4.78, 5) is 0. The van der Waals surface area contributed by atoms with E-state index in [4.69, 9.17) is 0 Å². The smallest absolute Gasteiger partial charge is 1.00 e. The van der Waals surface area contributed by atoms with Gasteiger partial charge in [0.05, 0.1) is 0 Å². The first-order chi connectivity index (χ1) is 2.56. The Bertz CT molecular complexity index is 42.2. The minimum Gasteiger partial charge on any atom is -1.00 e. The molecule has 0 rings (SSSR count). The molecule has 0 aromatic heterocycles. The molecular weight excluding hydrogens is 180 g/mol. The Kier molecular flexibility index (Phi) is 12.7. The van der Waals surface area contributed by atoms with Crippen LogP contribution in [0, 0.1) is 0 Å². The van der Waals surface area contributed by atoms with Crippen molar-refractivity contribution in [3.05, 3.63) is 0 Å². The predicted molar refractivity (Wildman–Crippen MR) is 30.1 cm³/mol. The van der Waals surface area contributed by atoms with Crippen LogP contribution in [0.2, 0.25) is 0 Å². The van der Waals surface area contributed by atoms with Gasteiger partial charge in [-0.15, -0.1) is 5.60 Å². The maximum atomic E-state index is 10.5. The maximum Gasteiger partial charge on any atom is 2.00 e. The summed E-state index contributed by atoms with van der Waals surface area (Å²) in [5, 5.41) is 10.5. The maximum absolute atomic E-state index is 10.5. The molecule has 0 unspecified atom stereocenters. The van der Waals surface area contributed by atoms with Crippen LogP contribution in [0.1, 0.15) is 27.2 Å². The molecule has 0 radical (unpaired) electrons. The standard InChI is InChI=1S/C5H11O.BrH.Mg/c1-4-5(2,3)6;;/h4H2,1-3H3;1H;/q-1;;+2/p-1. The molecule has 0 heterocycles. The minimum atomic E-state index is -0.708. The Morgan fingerprint density at radius 2 is 1.50 bits per heavy atom. The zero-order valence-corrected chi connectivity index (χ0v) is 8.70. The molecule has 1 nitrogen and oxygen atoms in total. The fourth-order valence-electron chi connectivity index (χ4n) is 0. The summed E-state index contributed by atoms with van der Waals surface area (Å²) in [5.41, 5.74) is -0.708. The van der Waals surface area contributed by atoms with E-state index >= 15 is 0 Å². The first kappa shape index (κ1) is 16.1. The monoisotopic (exact) mass is 190 g/mol. The fourth-order valence-corrected chi connectivity index (χ4v) is 0. The number of hydrogen-bond donors (Lipinski definition) is 0. The van der Waals surface area contributed by atoms with Crippen molar-refractivity contribution in [3.8, 4) is 0 Å². The van der Waals surface area contributed by atoms with Gasteiger partial charge in [0.25, 0.3) is 0 Å². The second-order valence-corrected chi connectivity index (χ2v) is 2.11. The molecule has 0 bridgehead atoms. The van der Waals surface area contributed by atoms with Crippen molar-refractivity contribution in [2.75, 3.05) is 0 Å². The van der Waals surface area contributed by atoms with Gasteiger partial charge < -0.3 is 22.1 Å². The van der Waals surface area contributed by atoms with Crippen molar-refractivity contribution >= 4 is 23.1 Å². The second kappa shape index (κ2) is 6.33. The zero-order valence-electron chi connectivity index (χ0n) is 5.70. The molecule has 0 aromatic rings. The van der Waals surface area contributed by atoms with Gasteiger partial charge in [0.1, 0.15) is 0 Å². The van der Waals surface area contributed by atoms with E-state index in [9.17, 15) is 5.11 Å². The van der Waals surface area contributed by atoms with Gasteiger partial charge in [0.15, 0.2) is 0 Å². The topological polar surface area (TPSA) is 23.1 Å². The molecule has 8 heavy (non-hydrogen) atoms. The second-order valence-electron chi connectivity index (χ2n) is 2.11. The summed E-state index contributed by atoms with van der Waals surface area (Å²) in [5.74, 6) is 0. The van der Waals surface area contributed by atoms with Crippen LogP contribution in [-0.2, 0) is 0 Å². The van der Waals surface area contributed by atoms with Crippen molar-refractivity contribution < 1.29 is 22.1 Å². The summed E-state index contributed by atoms with van der Waals surface area (Å²) >= 11 is 0. The van der Waals surface area contributed by atoms with Gasteiger partial charge in [-0.1, -0.05) is 27.2 Å². The normalized spacial score (nSPS) is 9.00. The average molecular weight is 191 g/mol. The van der Waals surface area contributed by atoms with Crippen LogP contribution in [0.4, 0.5) is 0 Å². The molecule has 0 saturated carbocycles. The zero-order chi connectivity index (χ0) is 5.21. The number of hydrogen-bond acceptors (Lipinski definition) is 1. The Morgan fingerprint density at radius 1 is 1.38 bits per heavy atom. The summed E-state index contributed by atoms with van der Waals surface area (Å²) in [7, 11) is 0. The largest absolute Gasteiger partial charge is 2.00 e. The van der Waals surface area contributed by atoms with Crippen LogP contribution in [0.25, 0.3) is 0 Å². The van der Waals surface area contributed by atoms with E-state index in [0.29, 0.717) is 6.42 Å². The summed E-state index contributed by atoms with van der Waals surface area (Å²) < 4.78 is 0. The van der Waals surface area contributed by atoms with Crippen LogP contribution < -0.4 is 22.1 Å². The quantitative estimate of drug-likeness (QED) is 0.410. The number of halogens is 1.